The monoisotopic (exact) mass is 353 g/mol. The van der Waals surface area contributed by atoms with Gasteiger partial charge >= 0.3 is 0 Å². The van der Waals surface area contributed by atoms with Crippen molar-refractivity contribution in [3.8, 4) is 0 Å². The van der Waals surface area contributed by atoms with Gasteiger partial charge in [-0.15, -0.1) is 0 Å². The van der Waals surface area contributed by atoms with Crippen LogP contribution in [0, 0.1) is 0 Å². The Labute approximate surface area is 157 Å². The predicted octanol–water partition coefficient (Wildman–Crippen LogP) is 4.44. The van der Waals surface area contributed by atoms with Crippen LogP contribution in [0.1, 0.15) is 73.4 Å². The molecule has 0 aliphatic carbocycles. The number of aromatic nitrogens is 2. The van der Waals surface area contributed by atoms with Crippen LogP contribution in [0.2, 0.25) is 0 Å². The fourth-order valence-electron chi connectivity index (χ4n) is 3.86. The van der Waals surface area contributed by atoms with Crippen LogP contribution in [0.5, 0.6) is 0 Å². The number of benzene rings is 1. The number of carbonyl (C=O) groups is 1. The van der Waals surface area contributed by atoms with E-state index in [-0.39, 0.29) is 5.91 Å². The van der Waals surface area contributed by atoms with Crippen molar-refractivity contribution in [2.24, 2.45) is 0 Å². The number of imidazole rings is 1. The van der Waals surface area contributed by atoms with Crippen LogP contribution in [0.15, 0.2) is 30.5 Å². The molecule has 1 aliphatic heterocycles. The second kappa shape index (κ2) is 8.52. The Kier molecular flexibility index (Phi) is 6.12. The third-order valence-corrected chi connectivity index (χ3v) is 5.35. The highest BCUT2D eigenvalue weighted by Crippen LogP contribution is 2.29. The van der Waals surface area contributed by atoms with Crippen LogP contribution in [0.3, 0.4) is 0 Å². The summed E-state index contributed by atoms with van der Waals surface area (Å²) in [5.74, 6) is 1.65. The minimum atomic E-state index is 0.0828. The van der Waals surface area contributed by atoms with Gasteiger partial charge in [-0.05, 0) is 36.8 Å². The van der Waals surface area contributed by atoms with Crippen molar-refractivity contribution < 1.29 is 4.79 Å². The zero-order chi connectivity index (χ0) is 18.5. The molecule has 0 radical (unpaired) electrons. The number of carbonyl (C=O) groups excluding carboxylic acids is 1. The lowest BCUT2D eigenvalue weighted by Crippen LogP contribution is -2.32. The highest BCUT2D eigenvalue weighted by atomic mass is 16.2. The van der Waals surface area contributed by atoms with E-state index in [4.69, 9.17) is 0 Å². The van der Waals surface area contributed by atoms with Gasteiger partial charge in [0, 0.05) is 38.2 Å². The number of amides is 1. The van der Waals surface area contributed by atoms with Crippen molar-refractivity contribution >= 4 is 5.91 Å². The molecule has 2 aromatic rings. The quantitative estimate of drug-likeness (QED) is 0.738. The fraction of sp³-hybridized carbons (Fsp3) is 0.545. The molecule has 1 atom stereocenters. The molecular formula is C22H31N3O. The first-order valence-corrected chi connectivity index (χ1v) is 10.1. The minimum absolute atomic E-state index is 0.0828. The Hall–Kier alpha value is -2.10. The topological polar surface area (TPSA) is 38.1 Å². The summed E-state index contributed by atoms with van der Waals surface area (Å²) >= 11 is 0. The average Bonchev–Trinajstić information content (AvgIpc) is 3.10. The largest absolute Gasteiger partial charge is 0.337 e. The smallest absolute Gasteiger partial charge is 0.274 e. The molecule has 0 bridgehead atoms. The van der Waals surface area contributed by atoms with Gasteiger partial charge in [0.05, 0.1) is 0 Å². The fourth-order valence-corrected chi connectivity index (χ4v) is 3.86. The van der Waals surface area contributed by atoms with E-state index in [0.717, 1.165) is 57.6 Å². The molecule has 2 heterocycles. The van der Waals surface area contributed by atoms with E-state index in [0.29, 0.717) is 11.6 Å². The van der Waals surface area contributed by atoms with Gasteiger partial charge in [-0.25, -0.2) is 4.98 Å². The molecule has 1 aromatic carbocycles. The standard InChI is InChI=1S/C22H31N3O/c1-4-13-24(14-5-2)22(26)20-16-25-15-19(11-12-21(25)23-20)18-9-7-17(6-3)8-10-18/h7-10,16,19H,4-6,11-15H2,1-3H3. The third-order valence-electron chi connectivity index (χ3n) is 5.35. The third kappa shape index (κ3) is 4.00. The lowest BCUT2D eigenvalue weighted by molar-refractivity contribution is 0.0750. The molecule has 4 nitrogen and oxygen atoms in total. The van der Waals surface area contributed by atoms with Crippen LogP contribution < -0.4 is 0 Å². The highest BCUT2D eigenvalue weighted by Gasteiger charge is 2.25. The van der Waals surface area contributed by atoms with Crippen LogP contribution in [0.25, 0.3) is 0 Å². The van der Waals surface area contributed by atoms with Gasteiger partial charge in [-0.2, -0.15) is 0 Å². The second-order valence-electron chi connectivity index (χ2n) is 7.32. The second-order valence-corrected chi connectivity index (χ2v) is 7.32. The van der Waals surface area contributed by atoms with E-state index in [1.165, 1.54) is 11.1 Å². The van der Waals surface area contributed by atoms with Crippen molar-refractivity contribution in [1.29, 1.82) is 0 Å². The van der Waals surface area contributed by atoms with Crippen LogP contribution in [0.4, 0.5) is 0 Å². The van der Waals surface area contributed by atoms with Crippen LogP contribution in [-0.4, -0.2) is 33.4 Å². The molecular weight excluding hydrogens is 322 g/mol. The summed E-state index contributed by atoms with van der Waals surface area (Å²) in [6.07, 6.45) is 7.06. The maximum Gasteiger partial charge on any atom is 0.274 e. The highest BCUT2D eigenvalue weighted by molar-refractivity contribution is 5.92. The lowest BCUT2D eigenvalue weighted by Gasteiger charge is -2.24. The summed E-state index contributed by atoms with van der Waals surface area (Å²) in [7, 11) is 0. The van der Waals surface area contributed by atoms with Crippen molar-refractivity contribution in [3.05, 3.63) is 53.1 Å². The molecule has 0 saturated carbocycles. The number of nitrogens with zero attached hydrogens (tertiary/aromatic N) is 3. The maximum atomic E-state index is 12.8. The molecule has 1 amide bonds. The van der Waals surface area contributed by atoms with Gasteiger partial charge in [-0.3, -0.25) is 4.79 Å². The number of hydrogen-bond donors (Lipinski definition) is 0. The van der Waals surface area contributed by atoms with Crippen molar-refractivity contribution in [3.63, 3.8) is 0 Å². The maximum absolute atomic E-state index is 12.8. The summed E-state index contributed by atoms with van der Waals surface area (Å²) in [6, 6.07) is 9.01. The van der Waals surface area contributed by atoms with Gasteiger partial charge in [0.25, 0.3) is 5.91 Å². The van der Waals surface area contributed by atoms with E-state index in [2.05, 4.69) is 54.6 Å². The van der Waals surface area contributed by atoms with E-state index < -0.39 is 0 Å². The van der Waals surface area contributed by atoms with E-state index >= 15 is 0 Å². The SMILES string of the molecule is CCCN(CCC)C(=O)c1cn2c(n1)CCC(c1ccc(CC)cc1)C2. The zero-order valence-electron chi connectivity index (χ0n) is 16.4. The van der Waals surface area contributed by atoms with Gasteiger partial charge in [-0.1, -0.05) is 45.0 Å². The molecule has 140 valence electrons. The Morgan fingerprint density at radius 1 is 1.15 bits per heavy atom. The Balaban J connectivity index is 1.74. The number of rotatable bonds is 7. The molecule has 1 aliphatic rings. The molecule has 0 spiro atoms. The Morgan fingerprint density at radius 2 is 1.85 bits per heavy atom. The van der Waals surface area contributed by atoms with E-state index in [9.17, 15) is 4.79 Å². The number of fused-ring (bicyclic) bond motifs is 1. The van der Waals surface area contributed by atoms with Gasteiger partial charge in [0.15, 0.2) is 0 Å². The molecule has 0 N–H and O–H groups in total. The summed E-state index contributed by atoms with van der Waals surface area (Å²) in [4.78, 5) is 19.4. The number of aryl methyl sites for hydroxylation is 2. The first-order valence-electron chi connectivity index (χ1n) is 10.1. The average molecular weight is 354 g/mol. The molecule has 4 heteroatoms. The molecule has 0 fully saturated rings. The van der Waals surface area contributed by atoms with Crippen molar-refractivity contribution in [2.45, 2.75) is 65.3 Å². The summed E-state index contributed by atoms with van der Waals surface area (Å²) in [5, 5.41) is 0. The molecule has 26 heavy (non-hydrogen) atoms. The summed E-state index contributed by atoms with van der Waals surface area (Å²) < 4.78 is 2.20. The summed E-state index contributed by atoms with van der Waals surface area (Å²) in [6.45, 7) is 8.95. The minimum Gasteiger partial charge on any atom is -0.337 e. The van der Waals surface area contributed by atoms with Gasteiger partial charge in [0.1, 0.15) is 11.5 Å². The first kappa shape index (κ1) is 18.7. The van der Waals surface area contributed by atoms with Crippen LogP contribution >= 0.6 is 0 Å². The lowest BCUT2D eigenvalue weighted by atomic mass is 9.91. The molecule has 0 saturated heterocycles. The van der Waals surface area contributed by atoms with Gasteiger partial charge < -0.3 is 9.47 Å². The normalized spacial score (nSPS) is 16.3. The Bertz CT molecular complexity index is 726. The molecule has 3 rings (SSSR count). The van der Waals surface area contributed by atoms with E-state index in [1.807, 2.05) is 11.1 Å². The van der Waals surface area contributed by atoms with Crippen molar-refractivity contribution in [2.75, 3.05) is 13.1 Å². The van der Waals surface area contributed by atoms with Crippen molar-refractivity contribution in [1.82, 2.24) is 14.5 Å². The van der Waals surface area contributed by atoms with Crippen LogP contribution in [-0.2, 0) is 19.4 Å². The summed E-state index contributed by atoms with van der Waals surface area (Å²) in [5.41, 5.74) is 3.39. The van der Waals surface area contributed by atoms with Gasteiger partial charge in [0.2, 0.25) is 0 Å². The molecule has 1 unspecified atom stereocenters. The number of hydrogen-bond acceptors (Lipinski definition) is 2. The predicted molar refractivity (Wildman–Crippen MR) is 106 cm³/mol. The zero-order valence-corrected chi connectivity index (χ0v) is 16.4. The Morgan fingerprint density at radius 3 is 2.46 bits per heavy atom. The first-order chi connectivity index (χ1) is 12.7. The molecule has 1 aromatic heterocycles. The van der Waals surface area contributed by atoms with E-state index in [1.54, 1.807) is 0 Å².